The summed E-state index contributed by atoms with van der Waals surface area (Å²) >= 11 is 0. The highest BCUT2D eigenvalue weighted by Gasteiger charge is 2.15. The van der Waals surface area contributed by atoms with E-state index in [2.05, 4.69) is 157 Å². The van der Waals surface area contributed by atoms with Crippen LogP contribution in [0.3, 0.4) is 0 Å². The summed E-state index contributed by atoms with van der Waals surface area (Å²) in [6.07, 6.45) is 0. The van der Waals surface area contributed by atoms with Crippen LogP contribution in [-0.2, 0) is 0 Å². The van der Waals surface area contributed by atoms with Crippen molar-refractivity contribution >= 4 is 71.3 Å². The Morgan fingerprint density at radius 2 is 0.886 bits per heavy atom. The molecule has 0 unspecified atom stereocenters. The fourth-order valence-electron chi connectivity index (χ4n) is 6.69. The topological polar surface area (TPSA) is 16.4 Å². The van der Waals surface area contributed by atoms with Crippen LogP contribution in [0.15, 0.2) is 168 Å². The molecule has 1 aromatic heterocycles. The first-order valence-electron chi connectivity index (χ1n) is 15.0. The molecule has 0 aliphatic rings. The Bertz CT molecular complexity index is 2490. The zero-order chi connectivity index (χ0) is 29.0. The zero-order valence-electron chi connectivity index (χ0n) is 23.9. The molecule has 8 aromatic carbocycles. The fraction of sp³-hybridized carbons (Fsp3) is 0. The molecule has 0 aliphatic carbocycles. The van der Waals surface area contributed by atoms with Crippen LogP contribution >= 0.6 is 0 Å². The van der Waals surface area contributed by atoms with E-state index in [4.69, 9.17) is 4.42 Å². The number of para-hydroxylation sites is 2. The van der Waals surface area contributed by atoms with Crippen LogP contribution in [0.1, 0.15) is 0 Å². The largest absolute Gasteiger partial charge is 0.456 e. The lowest BCUT2D eigenvalue weighted by molar-refractivity contribution is 0.669. The Morgan fingerprint density at radius 1 is 0.318 bits per heavy atom. The van der Waals surface area contributed by atoms with Gasteiger partial charge in [-0.05, 0) is 92.0 Å². The minimum Gasteiger partial charge on any atom is -0.456 e. The molecule has 206 valence electrons. The lowest BCUT2D eigenvalue weighted by Crippen LogP contribution is -2.09. The van der Waals surface area contributed by atoms with Gasteiger partial charge >= 0.3 is 0 Å². The third-order valence-electron chi connectivity index (χ3n) is 8.84. The van der Waals surface area contributed by atoms with Crippen molar-refractivity contribution in [2.75, 3.05) is 4.90 Å². The summed E-state index contributed by atoms with van der Waals surface area (Å²) in [6, 6.07) is 58.6. The maximum Gasteiger partial charge on any atom is 0.137 e. The first kappa shape index (κ1) is 24.7. The predicted octanol–water partition coefficient (Wildman–Crippen LogP) is 12.2. The second-order valence-electron chi connectivity index (χ2n) is 11.4. The van der Waals surface area contributed by atoms with E-state index in [0.29, 0.717) is 0 Å². The Hall–Kier alpha value is -5.86. The number of hydrogen-bond donors (Lipinski definition) is 0. The average Bonchev–Trinajstić information content (AvgIpc) is 3.46. The van der Waals surface area contributed by atoms with Crippen molar-refractivity contribution in [1.29, 1.82) is 0 Å². The second kappa shape index (κ2) is 9.86. The lowest BCUT2D eigenvalue weighted by atomic mass is 9.95. The van der Waals surface area contributed by atoms with E-state index in [9.17, 15) is 0 Å². The van der Waals surface area contributed by atoms with Gasteiger partial charge in [-0.15, -0.1) is 0 Å². The third kappa shape index (κ3) is 3.96. The van der Waals surface area contributed by atoms with E-state index in [0.717, 1.165) is 39.0 Å². The minimum absolute atomic E-state index is 0.887. The monoisotopic (exact) mass is 561 g/mol. The lowest BCUT2D eigenvalue weighted by Gasteiger charge is -2.25. The summed E-state index contributed by atoms with van der Waals surface area (Å²) in [5.74, 6) is 0. The van der Waals surface area contributed by atoms with Crippen molar-refractivity contribution in [3.8, 4) is 11.1 Å². The summed E-state index contributed by atoms with van der Waals surface area (Å²) in [5.41, 5.74) is 7.44. The van der Waals surface area contributed by atoms with Crippen molar-refractivity contribution in [2.45, 2.75) is 0 Å². The van der Waals surface area contributed by atoms with E-state index < -0.39 is 0 Å². The molecule has 0 bridgehead atoms. The molecule has 2 nitrogen and oxygen atoms in total. The number of anilines is 3. The van der Waals surface area contributed by atoms with Crippen molar-refractivity contribution in [3.63, 3.8) is 0 Å². The van der Waals surface area contributed by atoms with Crippen LogP contribution in [0.25, 0.3) is 65.4 Å². The highest BCUT2D eigenvalue weighted by molar-refractivity contribution is 6.17. The molecule has 44 heavy (non-hydrogen) atoms. The maximum absolute atomic E-state index is 6.25. The van der Waals surface area contributed by atoms with Gasteiger partial charge in [-0.2, -0.15) is 0 Å². The Labute approximate surface area is 255 Å². The summed E-state index contributed by atoms with van der Waals surface area (Å²) < 4.78 is 6.25. The van der Waals surface area contributed by atoms with E-state index in [-0.39, 0.29) is 0 Å². The molecule has 0 saturated carbocycles. The molecule has 0 spiro atoms. The van der Waals surface area contributed by atoms with Crippen LogP contribution in [0.4, 0.5) is 17.1 Å². The quantitative estimate of drug-likeness (QED) is 0.199. The van der Waals surface area contributed by atoms with Crippen molar-refractivity contribution in [3.05, 3.63) is 164 Å². The summed E-state index contributed by atoms with van der Waals surface area (Å²) in [7, 11) is 0. The molecule has 0 N–H and O–H groups in total. The number of furan rings is 1. The molecule has 0 aliphatic heterocycles. The molecule has 0 fully saturated rings. The van der Waals surface area contributed by atoms with E-state index in [1.807, 2.05) is 12.1 Å². The van der Waals surface area contributed by atoms with Crippen LogP contribution in [0, 0.1) is 0 Å². The van der Waals surface area contributed by atoms with Crippen molar-refractivity contribution in [2.24, 2.45) is 0 Å². The standard InChI is InChI=1S/C42H27NO/c1-2-9-32(10-3-1)43(34-21-25-40-39-12-6-7-13-41(39)44-42(40)27-34)33-19-14-28(15-20-33)30-17-22-36-31(26-30)18-24-37-35-11-5-4-8-29(35)16-23-38(36)37/h1-27H. The molecule has 2 heteroatoms. The normalized spacial score (nSPS) is 11.6. The molecule has 9 rings (SSSR count). The van der Waals surface area contributed by atoms with Crippen molar-refractivity contribution in [1.82, 2.24) is 0 Å². The smallest absolute Gasteiger partial charge is 0.137 e. The summed E-state index contributed by atoms with van der Waals surface area (Å²) in [5, 5.41) is 9.97. The number of benzene rings is 8. The van der Waals surface area contributed by atoms with Gasteiger partial charge in [0.25, 0.3) is 0 Å². The fourth-order valence-corrected chi connectivity index (χ4v) is 6.69. The molecular weight excluding hydrogens is 534 g/mol. The molecule has 0 radical (unpaired) electrons. The summed E-state index contributed by atoms with van der Waals surface area (Å²) in [4.78, 5) is 2.28. The molecule has 1 heterocycles. The van der Waals surface area contributed by atoms with Gasteiger partial charge in [-0.1, -0.05) is 109 Å². The minimum atomic E-state index is 0.887. The molecule has 0 amide bonds. The van der Waals surface area contributed by atoms with Crippen LogP contribution in [-0.4, -0.2) is 0 Å². The van der Waals surface area contributed by atoms with Gasteiger partial charge < -0.3 is 9.32 Å². The first-order chi connectivity index (χ1) is 21.8. The third-order valence-corrected chi connectivity index (χ3v) is 8.84. The molecule has 0 atom stereocenters. The SMILES string of the molecule is c1ccc(N(c2ccc(-c3ccc4c(ccc5c6ccccc6ccc45)c3)cc2)c2ccc3c(c2)oc2ccccc23)cc1. The molecule has 0 saturated heterocycles. The van der Waals surface area contributed by atoms with Crippen LogP contribution in [0.5, 0.6) is 0 Å². The van der Waals surface area contributed by atoms with Crippen LogP contribution < -0.4 is 4.90 Å². The summed E-state index contributed by atoms with van der Waals surface area (Å²) in [6.45, 7) is 0. The maximum atomic E-state index is 6.25. The van der Waals surface area contributed by atoms with E-state index >= 15 is 0 Å². The van der Waals surface area contributed by atoms with Gasteiger partial charge in [0.15, 0.2) is 0 Å². The van der Waals surface area contributed by atoms with Crippen molar-refractivity contribution < 1.29 is 4.42 Å². The van der Waals surface area contributed by atoms with Gasteiger partial charge in [-0.25, -0.2) is 0 Å². The number of fused-ring (bicyclic) bond motifs is 8. The first-order valence-corrected chi connectivity index (χ1v) is 15.0. The van der Waals surface area contributed by atoms with Gasteiger partial charge in [0.2, 0.25) is 0 Å². The Kier molecular flexibility index (Phi) is 5.54. The number of nitrogens with zero attached hydrogens (tertiary/aromatic N) is 1. The average molecular weight is 562 g/mol. The number of rotatable bonds is 4. The predicted molar refractivity (Wildman–Crippen MR) is 186 cm³/mol. The highest BCUT2D eigenvalue weighted by atomic mass is 16.3. The van der Waals surface area contributed by atoms with Crippen LogP contribution in [0.2, 0.25) is 0 Å². The van der Waals surface area contributed by atoms with Gasteiger partial charge in [0.1, 0.15) is 11.2 Å². The zero-order valence-corrected chi connectivity index (χ0v) is 23.9. The van der Waals surface area contributed by atoms with Gasteiger partial charge in [-0.3, -0.25) is 0 Å². The van der Waals surface area contributed by atoms with Gasteiger partial charge in [0, 0.05) is 33.9 Å². The highest BCUT2D eigenvalue weighted by Crippen LogP contribution is 2.39. The van der Waals surface area contributed by atoms with E-state index in [1.54, 1.807) is 0 Å². The number of hydrogen-bond acceptors (Lipinski definition) is 2. The Balaban J connectivity index is 1.11. The molecule has 9 aromatic rings. The van der Waals surface area contributed by atoms with Gasteiger partial charge in [0.05, 0.1) is 0 Å². The Morgan fingerprint density at radius 3 is 1.73 bits per heavy atom. The second-order valence-corrected chi connectivity index (χ2v) is 11.4. The van der Waals surface area contributed by atoms with E-state index in [1.165, 1.54) is 43.4 Å². The molecular formula is C42H27NO.